The third-order valence-electron chi connectivity index (χ3n) is 3.71. The Morgan fingerprint density at radius 2 is 2.00 bits per heavy atom. The van der Waals surface area contributed by atoms with Gasteiger partial charge in [0, 0.05) is 37.9 Å². The number of rotatable bonds is 7. The summed E-state index contributed by atoms with van der Waals surface area (Å²) in [6.07, 6.45) is 2.44. The number of benzene rings is 1. The Balaban J connectivity index is 1.77. The van der Waals surface area contributed by atoms with Gasteiger partial charge >= 0.3 is 0 Å². The van der Waals surface area contributed by atoms with E-state index in [1.54, 1.807) is 12.0 Å². The number of hydrogen-bond donors (Lipinski definition) is 1. The number of nitrogens with zero attached hydrogens (tertiary/aromatic N) is 1. The normalized spacial score (nSPS) is 13.7. The summed E-state index contributed by atoms with van der Waals surface area (Å²) in [5.74, 6) is 0.0641. The van der Waals surface area contributed by atoms with Crippen LogP contribution in [0.3, 0.4) is 0 Å². The Hall–Kier alpha value is -2.14. The molecule has 0 aromatic heterocycles. The first kappa shape index (κ1) is 16.2. The number of nitrogens with one attached hydrogen (secondary N) is 1. The maximum absolute atomic E-state index is 11.9. The summed E-state index contributed by atoms with van der Waals surface area (Å²) in [5.41, 5.74) is 2.75. The van der Waals surface area contributed by atoms with Crippen LogP contribution in [0.15, 0.2) is 36.5 Å². The largest absolute Gasteiger partial charge is 0.384 e. The molecule has 1 fully saturated rings. The second-order valence-corrected chi connectivity index (χ2v) is 5.35. The lowest BCUT2D eigenvalue weighted by Crippen LogP contribution is -2.39. The quantitative estimate of drug-likeness (QED) is 0.841. The van der Waals surface area contributed by atoms with Crippen molar-refractivity contribution in [2.45, 2.75) is 25.7 Å². The summed E-state index contributed by atoms with van der Waals surface area (Å²) in [6, 6.07) is 7.58. The second kappa shape index (κ2) is 7.75. The van der Waals surface area contributed by atoms with Gasteiger partial charge in [-0.05, 0) is 24.1 Å². The van der Waals surface area contributed by atoms with Gasteiger partial charge in [-0.25, -0.2) is 0 Å². The first-order chi connectivity index (χ1) is 10.6. The molecule has 0 spiro atoms. The van der Waals surface area contributed by atoms with Gasteiger partial charge in [0.25, 0.3) is 0 Å². The first-order valence-electron chi connectivity index (χ1n) is 7.46. The molecule has 2 amide bonds. The molecule has 0 aliphatic carbocycles. The summed E-state index contributed by atoms with van der Waals surface area (Å²) in [4.78, 5) is 25.2. The number of anilines is 1. The Kier molecular flexibility index (Phi) is 5.72. The van der Waals surface area contributed by atoms with E-state index in [-0.39, 0.29) is 11.8 Å². The minimum Gasteiger partial charge on any atom is -0.384 e. The summed E-state index contributed by atoms with van der Waals surface area (Å²) < 4.78 is 4.86. The lowest BCUT2D eigenvalue weighted by Gasteiger charge is -2.33. The maximum Gasteiger partial charge on any atom is 0.227 e. The van der Waals surface area contributed by atoms with Crippen molar-refractivity contribution in [1.29, 1.82) is 0 Å². The molecular weight excluding hydrogens is 280 g/mol. The van der Waals surface area contributed by atoms with Gasteiger partial charge < -0.3 is 15.0 Å². The highest BCUT2D eigenvalue weighted by molar-refractivity contribution is 5.90. The Morgan fingerprint density at radius 3 is 2.55 bits per heavy atom. The lowest BCUT2D eigenvalue weighted by molar-refractivity contribution is -0.131. The van der Waals surface area contributed by atoms with Crippen LogP contribution in [0, 0.1) is 0 Å². The maximum atomic E-state index is 11.9. The van der Waals surface area contributed by atoms with Gasteiger partial charge in [0.05, 0.1) is 13.0 Å². The van der Waals surface area contributed by atoms with Crippen LogP contribution < -0.4 is 5.32 Å². The molecule has 1 aromatic carbocycles. The fourth-order valence-electron chi connectivity index (χ4n) is 2.24. The van der Waals surface area contributed by atoms with E-state index in [9.17, 15) is 9.59 Å². The smallest absolute Gasteiger partial charge is 0.227 e. The van der Waals surface area contributed by atoms with Gasteiger partial charge in [0.2, 0.25) is 11.8 Å². The van der Waals surface area contributed by atoms with Crippen LogP contribution in [0.4, 0.5) is 5.69 Å². The number of carbonyl (C=O) groups excluding carboxylic acids is 2. The van der Waals surface area contributed by atoms with Gasteiger partial charge in [0.1, 0.15) is 0 Å². The summed E-state index contributed by atoms with van der Waals surface area (Å²) in [6.45, 7) is 5.04. The van der Waals surface area contributed by atoms with E-state index >= 15 is 0 Å². The highest BCUT2D eigenvalue weighted by atomic mass is 16.5. The van der Waals surface area contributed by atoms with E-state index in [2.05, 4.69) is 11.9 Å². The molecule has 0 bridgehead atoms. The molecule has 1 heterocycles. The molecule has 0 saturated carbocycles. The zero-order chi connectivity index (χ0) is 15.9. The van der Waals surface area contributed by atoms with Crippen molar-refractivity contribution < 1.29 is 14.3 Å². The highest BCUT2D eigenvalue weighted by Gasteiger charge is 2.23. The van der Waals surface area contributed by atoms with Crippen LogP contribution in [0.2, 0.25) is 0 Å². The van der Waals surface area contributed by atoms with Crippen LogP contribution >= 0.6 is 0 Å². The standard InChI is InChI=1S/C17H22N2O3/c1-13-9-11-19(13)17(21)8-5-14-3-6-15(7-4-14)18-16(20)10-12-22-2/h3-4,6-7H,1,5,8-12H2,2H3,(H,18,20). The van der Waals surface area contributed by atoms with Crippen LogP contribution in [-0.4, -0.2) is 37.0 Å². The monoisotopic (exact) mass is 302 g/mol. The van der Waals surface area contributed by atoms with Crippen molar-refractivity contribution in [2.75, 3.05) is 25.6 Å². The van der Waals surface area contributed by atoms with Crippen molar-refractivity contribution >= 4 is 17.5 Å². The molecule has 1 aliphatic rings. The second-order valence-electron chi connectivity index (χ2n) is 5.35. The number of aryl methyl sites for hydroxylation is 1. The van der Waals surface area contributed by atoms with Crippen LogP contribution in [0.25, 0.3) is 0 Å². The van der Waals surface area contributed by atoms with Gasteiger partial charge in [-0.2, -0.15) is 0 Å². The van der Waals surface area contributed by atoms with Gasteiger partial charge in [-0.1, -0.05) is 18.7 Å². The zero-order valence-corrected chi connectivity index (χ0v) is 12.9. The Labute approximate surface area is 130 Å². The van der Waals surface area contributed by atoms with E-state index in [1.807, 2.05) is 24.3 Å². The molecule has 5 nitrogen and oxygen atoms in total. The van der Waals surface area contributed by atoms with Crippen LogP contribution in [0.1, 0.15) is 24.8 Å². The molecule has 1 aliphatic heterocycles. The number of carbonyl (C=O) groups is 2. The molecule has 118 valence electrons. The molecule has 0 atom stereocenters. The van der Waals surface area contributed by atoms with E-state index in [4.69, 9.17) is 4.74 Å². The minimum atomic E-state index is -0.0685. The molecule has 1 aromatic rings. The highest BCUT2D eigenvalue weighted by Crippen LogP contribution is 2.21. The van der Waals surface area contributed by atoms with Crippen LogP contribution in [-0.2, 0) is 20.7 Å². The number of hydrogen-bond acceptors (Lipinski definition) is 3. The molecule has 0 radical (unpaired) electrons. The zero-order valence-electron chi connectivity index (χ0n) is 12.9. The average Bonchev–Trinajstić information content (AvgIpc) is 2.50. The Bertz CT molecular complexity index is 552. The number of ether oxygens (including phenoxy) is 1. The van der Waals surface area contributed by atoms with Crippen molar-refractivity contribution in [3.05, 3.63) is 42.1 Å². The fourth-order valence-corrected chi connectivity index (χ4v) is 2.24. The summed E-state index contributed by atoms with van der Waals surface area (Å²) >= 11 is 0. The average molecular weight is 302 g/mol. The van der Waals surface area contributed by atoms with Crippen LogP contribution in [0.5, 0.6) is 0 Å². The molecule has 5 heteroatoms. The summed E-state index contributed by atoms with van der Waals surface area (Å²) in [7, 11) is 1.57. The molecular formula is C17H22N2O3. The number of methoxy groups -OCH3 is 1. The third-order valence-corrected chi connectivity index (χ3v) is 3.71. The third kappa shape index (κ3) is 4.43. The van der Waals surface area contributed by atoms with Gasteiger partial charge in [-0.3, -0.25) is 9.59 Å². The topological polar surface area (TPSA) is 58.6 Å². The van der Waals surface area contributed by atoms with Crippen molar-refractivity contribution in [2.24, 2.45) is 0 Å². The molecule has 2 rings (SSSR count). The number of amides is 2. The lowest BCUT2D eigenvalue weighted by atomic mass is 10.1. The van der Waals surface area contributed by atoms with Crippen molar-refractivity contribution in [3.63, 3.8) is 0 Å². The van der Waals surface area contributed by atoms with Crippen molar-refractivity contribution in [1.82, 2.24) is 4.90 Å². The number of likely N-dealkylation sites (tertiary alicyclic amines) is 1. The summed E-state index contributed by atoms with van der Waals surface area (Å²) in [5, 5.41) is 2.81. The predicted molar refractivity (Wildman–Crippen MR) is 85.4 cm³/mol. The first-order valence-corrected chi connectivity index (χ1v) is 7.46. The Morgan fingerprint density at radius 1 is 1.27 bits per heavy atom. The minimum absolute atomic E-state index is 0.0685. The molecule has 1 N–H and O–H groups in total. The fraction of sp³-hybridized carbons (Fsp3) is 0.412. The SMILES string of the molecule is C=C1CCN1C(=O)CCc1ccc(NC(=O)CCOC)cc1. The molecule has 1 saturated heterocycles. The van der Waals surface area contributed by atoms with Gasteiger partial charge in [0.15, 0.2) is 0 Å². The predicted octanol–water partition coefficient (Wildman–Crippen LogP) is 2.34. The molecule has 22 heavy (non-hydrogen) atoms. The van der Waals surface area contributed by atoms with E-state index in [0.717, 1.165) is 29.9 Å². The van der Waals surface area contributed by atoms with Gasteiger partial charge in [-0.15, -0.1) is 0 Å². The van der Waals surface area contributed by atoms with Crippen molar-refractivity contribution in [3.8, 4) is 0 Å². The van der Waals surface area contributed by atoms with E-state index < -0.39 is 0 Å². The van der Waals surface area contributed by atoms with E-state index in [1.165, 1.54) is 0 Å². The van der Waals surface area contributed by atoms with E-state index in [0.29, 0.717) is 25.9 Å². The molecule has 0 unspecified atom stereocenters.